The van der Waals surface area contributed by atoms with Gasteiger partial charge in [0.25, 0.3) is 33.4 Å². The van der Waals surface area contributed by atoms with Crippen LogP contribution in [0.25, 0.3) is 33.5 Å². The molecule has 15 heterocycles. The molecule has 5 unspecified atom stereocenters. The van der Waals surface area contributed by atoms with E-state index in [4.69, 9.17) is 90.9 Å². The Labute approximate surface area is 681 Å². The number of rotatable bonds is 32. The molecule has 6 fully saturated rings. The lowest BCUT2D eigenvalue weighted by Crippen LogP contribution is -2.33. The van der Waals surface area contributed by atoms with Gasteiger partial charge in [-0.1, -0.05) is 0 Å². The predicted molar refractivity (Wildman–Crippen MR) is 403 cm³/mol. The molecule has 19 N–H and O–H groups in total. The Hall–Kier alpha value is -9.28. The van der Waals surface area contributed by atoms with E-state index in [1.807, 2.05) is 0 Å². The van der Waals surface area contributed by atoms with E-state index in [-0.39, 0.29) is 74.9 Å². The fourth-order valence-electron chi connectivity index (χ4n) is 14.4. The molecule has 668 valence electrons. The number of aliphatic hydroxyl groups excluding tert-OH is 2. The van der Waals surface area contributed by atoms with Crippen molar-refractivity contribution in [2.24, 2.45) is 0 Å². The largest absolute Gasteiger partial charge is 0.472 e. The molecule has 6 aliphatic rings. The van der Waals surface area contributed by atoms with Crippen molar-refractivity contribution in [3.8, 4) is 0 Å². The number of aliphatic hydroxyl groups is 2. The third-order valence-electron chi connectivity index (χ3n) is 20.3. The molecule has 0 spiro atoms. The number of aryl methyl sites for hydroxylation is 3. The number of H-pyrrole nitrogens is 6. The fourth-order valence-corrected chi connectivity index (χ4v) is 19.2. The van der Waals surface area contributed by atoms with Gasteiger partial charge in [-0.2, -0.15) is 15.0 Å². The molecular weight excluding hydrogens is 1760 g/mol. The summed E-state index contributed by atoms with van der Waals surface area (Å²) in [5.41, 5.74) is 8.66. The number of fused-ring (bicyclic) bond motifs is 3. The summed E-state index contributed by atoms with van der Waals surface area (Å²) >= 11 is 0. The van der Waals surface area contributed by atoms with Crippen LogP contribution >= 0.6 is 39.1 Å². The number of aromatic nitrogens is 18. The highest BCUT2D eigenvalue weighted by molar-refractivity contribution is 7.48. The SMILES string of the molecule is Cc1cn([C@H]2C[C@H](OP(=O)(O)OC[C@H]3O[C@@H](n4cc(C)c(=O)[nH]c4=O)C[C@@H]3OP(=O)(O)OC[C@H]3O[C@@H](n4cc(C)c(=O)[nH]c4=O)C[C@@H]3OP(=O)(O)OC[C@H]3O[C@@H](n4cnc5c(=O)[nH]c(N)nc54)C[C@@H]3OP(=O)(O)OC[C@H]3O[C@@H](n4cnc5c(=O)[nH]c(N)nc54)C[C@@H]3OP(=O)(O)OC[C@H]3O[C@@H](n4cnc5c(=O)[nH]c(N)nc54)C[C@@H]3O)[C@@H](CO)O2)c(=O)[nH]c1=O. The molecule has 58 nitrogen and oxygen atoms in total. The summed E-state index contributed by atoms with van der Waals surface area (Å²) in [6.45, 7) is -2.18. The normalized spacial score (nSPS) is 29.3. The van der Waals surface area contributed by atoms with Gasteiger partial charge in [0.2, 0.25) is 17.8 Å². The second kappa shape index (κ2) is 34.6. The lowest BCUT2D eigenvalue weighted by molar-refractivity contribution is -0.0649. The lowest BCUT2D eigenvalue weighted by atomic mass is 10.2. The minimum absolute atomic E-state index is 0.0157. The van der Waals surface area contributed by atoms with Crippen LogP contribution in [0.2, 0.25) is 0 Å². The van der Waals surface area contributed by atoms with Crippen LogP contribution < -0.4 is 67.6 Å². The van der Waals surface area contributed by atoms with Crippen molar-refractivity contribution in [3.63, 3.8) is 0 Å². The summed E-state index contributed by atoms with van der Waals surface area (Å²) < 4.78 is 168. The molecule has 0 aromatic carbocycles. The highest BCUT2D eigenvalue weighted by Crippen LogP contribution is 2.56. The van der Waals surface area contributed by atoms with Gasteiger partial charge in [-0.25, -0.2) is 52.2 Å². The van der Waals surface area contributed by atoms with Crippen LogP contribution in [0.15, 0.2) is 80.7 Å². The van der Waals surface area contributed by atoms with E-state index < -0.39 is 271 Å². The highest BCUT2D eigenvalue weighted by atomic mass is 31.2. The van der Waals surface area contributed by atoms with Crippen LogP contribution in [0.3, 0.4) is 0 Å². The molecular formula is C60H76N21O37P5. The summed E-state index contributed by atoms with van der Waals surface area (Å²) in [6, 6.07) is 0. The average molecular weight is 1840 g/mol. The van der Waals surface area contributed by atoms with Crippen LogP contribution in [0.1, 0.15) is 92.6 Å². The minimum atomic E-state index is -5.70. The zero-order chi connectivity index (χ0) is 88.0. The number of nitrogens with one attached hydrogen (secondary N) is 6. The maximum atomic E-state index is 14.5. The maximum absolute atomic E-state index is 14.5. The number of ether oxygens (including phenoxy) is 6. The lowest BCUT2D eigenvalue weighted by Gasteiger charge is -2.26. The van der Waals surface area contributed by atoms with Crippen LogP contribution in [0, 0.1) is 20.8 Å². The highest BCUT2D eigenvalue weighted by Gasteiger charge is 2.52. The first kappa shape index (κ1) is 88.6. The van der Waals surface area contributed by atoms with E-state index in [2.05, 4.69) is 59.8 Å². The number of phosphoric ester groups is 5. The number of nitrogens with zero attached hydrogens (tertiary/aromatic N) is 12. The fraction of sp³-hybridized carbons (Fsp3) is 0.550. The van der Waals surface area contributed by atoms with Gasteiger partial charge >= 0.3 is 56.2 Å². The number of hydrogen-bond donors (Lipinski definition) is 16. The Balaban J connectivity index is 0.641. The number of aromatic amines is 6. The van der Waals surface area contributed by atoms with E-state index in [1.165, 1.54) is 36.2 Å². The molecule has 0 bridgehead atoms. The third-order valence-corrected chi connectivity index (χ3v) is 25.4. The molecule has 0 amide bonds. The number of anilines is 3. The van der Waals surface area contributed by atoms with E-state index in [9.17, 15) is 101 Å². The molecule has 9 aromatic rings. The van der Waals surface area contributed by atoms with E-state index >= 15 is 0 Å². The molecule has 123 heavy (non-hydrogen) atoms. The number of phosphoric acid groups is 5. The molecule has 9 aromatic heterocycles. The van der Waals surface area contributed by atoms with Crippen molar-refractivity contribution in [2.75, 3.05) is 56.8 Å². The first-order chi connectivity index (χ1) is 58.0. The summed E-state index contributed by atoms with van der Waals surface area (Å²) in [5, 5.41) is 21.2. The molecule has 6 aliphatic heterocycles. The summed E-state index contributed by atoms with van der Waals surface area (Å²) in [6.07, 6.45) is -24.4. The summed E-state index contributed by atoms with van der Waals surface area (Å²) in [7, 11) is -27.7. The molecule has 0 radical (unpaired) electrons. The Morgan fingerprint density at radius 3 is 0.878 bits per heavy atom. The Morgan fingerprint density at radius 1 is 0.366 bits per heavy atom. The van der Waals surface area contributed by atoms with E-state index in [0.29, 0.717) is 0 Å². The topological polar surface area (TPSA) is 808 Å². The van der Waals surface area contributed by atoms with Crippen molar-refractivity contribution in [3.05, 3.63) is 148 Å². The van der Waals surface area contributed by atoms with E-state index in [1.54, 1.807) is 0 Å². The van der Waals surface area contributed by atoms with Gasteiger partial charge in [-0.15, -0.1) is 0 Å². The average Bonchev–Trinajstić information content (AvgIpc) is 1.89. The first-order valence-corrected chi connectivity index (χ1v) is 44.1. The van der Waals surface area contributed by atoms with Gasteiger partial charge < -0.3 is 80.3 Å². The minimum Gasteiger partial charge on any atom is -0.394 e. The molecule has 0 saturated carbocycles. The molecule has 15 rings (SSSR count). The van der Waals surface area contributed by atoms with Crippen LogP contribution in [-0.2, 0) is 96.5 Å². The smallest absolute Gasteiger partial charge is 0.394 e. The predicted octanol–water partition coefficient (Wildman–Crippen LogP) is -3.70. The van der Waals surface area contributed by atoms with Crippen molar-refractivity contribution < 1.29 is 131 Å². The Bertz CT molecular complexity index is 6400. The number of nitrogens with two attached hydrogens (primary N) is 3. The Morgan fingerprint density at radius 2 is 0.602 bits per heavy atom. The van der Waals surface area contributed by atoms with Gasteiger partial charge in [0.1, 0.15) is 105 Å². The van der Waals surface area contributed by atoms with Crippen LogP contribution in [0.5, 0.6) is 0 Å². The van der Waals surface area contributed by atoms with Crippen LogP contribution in [0.4, 0.5) is 17.8 Å². The third kappa shape index (κ3) is 19.4. The number of imidazole rings is 3. The van der Waals surface area contributed by atoms with Crippen molar-refractivity contribution in [1.29, 1.82) is 0 Å². The molecule has 0 aliphatic carbocycles. The molecule has 63 heteroatoms. The maximum Gasteiger partial charge on any atom is 0.472 e. The van der Waals surface area contributed by atoms with Crippen molar-refractivity contribution in [1.82, 2.24) is 87.2 Å². The van der Waals surface area contributed by atoms with Gasteiger partial charge in [0.05, 0.1) is 64.7 Å². The second-order valence-electron chi connectivity index (χ2n) is 28.7. The Kier molecular flexibility index (Phi) is 24.9. The van der Waals surface area contributed by atoms with E-state index in [0.717, 1.165) is 49.5 Å². The summed E-state index contributed by atoms with van der Waals surface area (Å²) in [5.74, 6) is -1.04. The summed E-state index contributed by atoms with van der Waals surface area (Å²) in [4.78, 5) is 209. The standard InChI is InChI=1S/C60H76N21O37P5/c1-22-10-76(58(90)73-49(22)84)38-5-26(31(13-82)108-38)114-120(95,96)104-15-33-27(6-39(110-33)77-11-23(2)50(85)74-59(77)91)115-121(97,98)105-16-34-28(7-40(111-34)78-12-24(3)51(86)75-60(78)92)116-122(99,100)106-18-36-30(9-42(113-36)81-21-66-45-48(81)69-57(63)72-54(45)89)118-123(101,102)107-17-35-29(8-41(112-35)80-20-65-44-47(80)68-56(62)71-53(44)88)117-119(93,94)103-14-32-25(83)4-37(109-32)79-19-64-43-46(79)67-55(61)70-52(43)87/h10-12,19-21,25-42,82-83H,4-9,13-18H2,1-3H3,(H,93,94)(H,95,96)(H,97,98)(H,99,100)(H,101,102)(H,73,84,90)(H,74,85,91)(H,75,86,92)(H3,61,67,70,87)(H3,62,68,71,88)(H3,63,69,72,89)/t25-,26-,27-,28-,29-,30-,31+,32+,33+,34+,35+,36+,37+,38+,39+,40+,41+,42+/m0/s1. The van der Waals surface area contributed by atoms with Gasteiger partial charge in [0.15, 0.2) is 33.5 Å². The van der Waals surface area contributed by atoms with Gasteiger partial charge in [0, 0.05) is 73.8 Å². The van der Waals surface area contributed by atoms with Crippen molar-refractivity contribution >= 4 is 90.5 Å². The zero-order valence-corrected chi connectivity index (χ0v) is 68.0. The molecule has 6 saturated heterocycles. The van der Waals surface area contributed by atoms with Gasteiger partial charge in [-0.3, -0.25) is 131 Å². The molecule has 23 atom stereocenters. The van der Waals surface area contributed by atoms with Gasteiger partial charge in [-0.05, 0) is 20.8 Å². The van der Waals surface area contributed by atoms with Crippen LogP contribution in [-0.4, -0.2) is 235 Å². The zero-order valence-electron chi connectivity index (χ0n) is 63.6. The number of nitrogen functional groups attached to an aromatic ring is 3. The second-order valence-corrected chi connectivity index (χ2v) is 35.8. The van der Waals surface area contributed by atoms with Crippen molar-refractivity contribution in [2.45, 2.75) is 170 Å². The number of hydrogen-bond acceptors (Lipinski definition) is 41. The quantitative estimate of drug-likeness (QED) is 0.0180. The monoisotopic (exact) mass is 1840 g/mol. The first-order valence-electron chi connectivity index (χ1n) is 36.7.